The van der Waals surface area contributed by atoms with Crippen molar-refractivity contribution in [2.24, 2.45) is 0 Å². The minimum absolute atomic E-state index is 0.191. The lowest BCUT2D eigenvalue weighted by Gasteiger charge is -2.40. The highest BCUT2D eigenvalue weighted by molar-refractivity contribution is 4.76. The summed E-state index contributed by atoms with van der Waals surface area (Å²) in [4.78, 5) is 0. The molecule has 1 saturated heterocycles. The van der Waals surface area contributed by atoms with Gasteiger partial charge in [0.25, 0.3) is 0 Å². The van der Waals surface area contributed by atoms with Crippen molar-refractivity contribution in [3.63, 3.8) is 0 Å². The van der Waals surface area contributed by atoms with E-state index in [1.54, 1.807) is 28.1 Å². The van der Waals surface area contributed by atoms with Gasteiger partial charge in [-0.3, -0.25) is 9.22 Å². The summed E-state index contributed by atoms with van der Waals surface area (Å²) >= 11 is 0. The van der Waals surface area contributed by atoms with Crippen molar-refractivity contribution >= 4 is 0 Å². The van der Waals surface area contributed by atoms with Crippen LogP contribution in [0.4, 0.5) is 13.2 Å². The molecule has 1 aliphatic rings. The molecule has 2 atom stereocenters. The van der Waals surface area contributed by atoms with Gasteiger partial charge in [-0.2, -0.15) is 13.2 Å². The first-order valence-corrected chi connectivity index (χ1v) is 4.82. The molecule has 0 aromatic rings. The lowest BCUT2D eigenvalue weighted by atomic mass is 10.3. The molecule has 0 bridgehead atoms. The molecule has 0 aromatic carbocycles. The molecule has 6 heteroatoms. The number of rotatable bonds is 2. The third kappa shape index (κ3) is 2.26. The Morgan fingerprint density at radius 2 is 1.87 bits per heavy atom. The second-order valence-corrected chi connectivity index (χ2v) is 4.54. The van der Waals surface area contributed by atoms with Crippen LogP contribution in [0.1, 0.15) is 13.3 Å². The summed E-state index contributed by atoms with van der Waals surface area (Å²) in [7, 11) is 5.26. The highest BCUT2D eigenvalue weighted by Gasteiger charge is 2.58. The topological polar surface area (TPSA) is 18.5 Å². The van der Waals surface area contributed by atoms with E-state index in [4.69, 9.17) is 9.47 Å². The number of alkyl halides is 3. The van der Waals surface area contributed by atoms with Crippen molar-refractivity contribution in [2.75, 3.05) is 27.7 Å². The van der Waals surface area contributed by atoms with Crippen LogP contribution < -0.4 is 0 Å². The number of quaternary nitrogens is 1. The molecule has 0 amide bonds. The molecule has 0 N–H and O–H groups in total. The lowest BCUT2D eigenvalue weighted by Crippen LogP contribution is -2.58. The molecule has 0 aromatic heterocycles. The maximum Gasteiger partial charge on any atom is 0.417 e. The first-order valence-electron chi connectivity index (χ1n) is 4.82. The van der Waals surface area contributed by atoms with E-state index >= 15 is 0 Å². The summed E-state index contributed by atoms with van der Waals surface area (Å²) in [6.07, 6.45) is -5.79. The van der Waals surface area contributed by atoms with Crippen LogP contribution in [0.5, 0.6) is 0 Å². The fourth-order valence-electron chi connectivity index (χ4n) is 1.67. The lowest BCUT2D eigenvalue weighted by molar-refractivity contribution is -0.976. The molecular formula is C9H17F3NO2+. The Kier molecular flexibility index (Phi) is 3.06. The van der Waals surface area contributed by atoms with E-state index < -0.39 is 24.8 Å². The molecule has 3 nitrogen and oxygen atoms in total. The highest BCUT2D eigenvalue weighted by atomic mass is 19.4. The number of halogens is 3. The Labute approximate surface area is 87.3 Å². The summed E-state index contributed by atoms with van der Waals surface area (Å²) in [5.74, 6) is -1.18. The van der Waals surface area contributed by atoms with E-state index in [9.17, 15) is 13.2 Å². The average Bonchev–Trinajstić information content (AvgIpc) is 2.46. The summed E-state index contributed by atoms with van der Waals surface area (Å²) in [5, 5.41) is 0. The van der Waals surface area contributed by atoms with Gasteiger partial charge in [-0.25, -0.2) is 0 Å². The van der Waals surface area contributed by atoms with Crippen LogP contribution in [-0.2, 0) is 9.47 Å². The summed E-state index contributed by atoms with van der Waals surface area (Å²) in [5.41, 5.74) is 0. The number of hydrogen-bond donors (Lipinski definition) is 0. The van der Waals surface area contributed by atoms with Gasteiger partial charge in [0.05, 0.1) is 34.2 Å². The van der Waals surface area contributed by atoms with Crippen molar-refractivity contribution in [3.05, 3.63) is 0 Å². The number of nitrogens with zero attached hydrogens (tertiary/aromatic N) is 1. The monoisotopic (exact) mass is 228 g/mol. The van der Waals surface area contributed by atoms with Crippen molar-refractivity contribution < 1.29 is 27.1 Å². The van der Waals surface area contributed by atoms with Gasteiger partial charge < -0.3 is 4.74 Å². The molecule has 1 fully saturated rings. The smallest absolute Gasteiger partial charge is 0.300 e. The van der Waals surface area contributed by atoms with Crippen LogP contribution in [0.25, 0.3) is 0 Å². The first-order chi connectivity index (χ1) is 6.62. The molecule has 1 heterocycles. The minimum Gasteiger partial charge on any atom is -0.300 e. The van der Waals surface area contributed by atoms with Crippen molar-refractivity contribution in [2.45, 2.75) is 31.5 Å². The fourth-order valence-corrected chi connectivity index (χ4v) is 1.67. The third-order valence-electron chi connectivity index (χ3n) is 2.62. The Morgan fingerprint density at radius 1 is 1.33 bits per heavy atom. The SMILES string of the molecule is CCC1([N+](C)(C)C)OCC(C(F)(F)F)O1. The predicted molar refractivity (Wildman–Crippen MR) is 47.9 cm³/mol. The van der Waals surface area contributed by atoms with Gasteiger partial charge in [-0.05, 0) is 0 Å². The van der Waals surface area contributed by atoms with Crippen LogP contribution in [-0.4, -0.2) is 50.4 Å². The molecule has 0 aliphatic carbocycles. The molecule has 1 aliphatic heterocycles. The Morgan fingerprint density at radius 3 is 2.07 bits per heavy atom. The molecule has 0 radical (unpaired) electrons. The van der Waals surface area contributed by atoms with Gasteiger partial charge in [-0.1, -0.05) is 6.92 Å². The van der Waals surface area contributed by atoms with E-state index in [1.165, 1.54) is 0 Å². The summed E-state index contributed by atoms with van der Waals surface area (Å²) in [6.45, 7) is 1.33. The van der Waals surface area contributed by atoms with E-state index in [0.29, 0.717) is 6.42 Å². The molecule has 0 spiro atoms. The van der Waals surface area contributed by atoms with E-state index in [-0.39, 0.29) is 4.48 Å². The zero-order valence-corrected chi connectivity index (χ0v) is 9.39. The van der Waals surface area contributed by atoms with Gasteiger partial charge in [0.15, 0.2) is 6.10 Å². The molecule has 0 saturated carbocycles. The summed E-state index contributed by atoms with van der Waals surface area (Å²) < 4.78 is 47.7. The standard InChI is InChI=1S/C9H17F3NO2/c1-5-8(13(2,3)4)14-6-7(15-8)9(10,11)12/h7H,5-6H2,1-4H3/q+1. The van der Waals surface area contributed by atoms with Crippen molar-refractivity contribution in [1.29, 1.82) is 0 Å². The number of ether oxygens (including phenoxy) is 2. The van der Waals surface area contributed by atoms with Crippen LogP contribution in [0.3, 0.4) is 0 Å². The van der Waals surface area contributed by atoms with E-state index in [2.05, 4.69) is 0 Å². The van der Waals surface area contributed by atoms with E-state index in [1.807, 2.05) is 0 Å². The second kappa shape index (κ2) is 3.61. The second-order valence-electron chi connectivity index (χ2n) is 4.54. The molecule has 15 heavy (non-hydrogen) atoms. The quantitative estimate of drug-likeness (QED) is 0.670. The highest BCUT2D eigenvalue weighted by Crippen LogP contribution is 2.38. The first kappa shape index (κ1) is 12.7. The maximum absolute atomic E-state index is 12.4. The van der Waals surface area contributed by atoms with Gasteiger partial charge >= 0.3 is 12.1 Å². The molecular weight excluding hydrogens is 211 g/mol. The zero-order chi connectivity index (χ0) is 11.9. The van der Waals surface area contributed by atoms with Gasteiger partial charge in [0.2, 0.25) is 0 Å². The van der Waals surface area contributed by atoms with Crippen LogP contribution in [0, 0.1) is 0 Å². The third-order valence-corrected chi connectivity index (χ3v) is 2.62. The normalized spacial score (nSPS) is 33.4. The maximum atomic E-state index is 12.4. The summed E-state index contributed by atoms with van der Waals surface area (Å²) in [6, 6.07) is 0. The van der Waals surface area contributed by atoms with Gasteiger partial charge in [0.1, 0.15) is 0 Å². The number of hydrogen-bond acceptors (Lipinski definition) is 2. The minimum atomic E-state index is -4.36. The Hall–Kier alpha value is -0.330. The van der Waals surface area contributed by atoms with Crippen LogP contribution in [0.15, 0.2) is 0 Å². The van der Waals surface area contributed by atoms with Crippen LogP contribution in [0.2, 0.25) is 0 Å². The fraction of sp³-hybridized carbons (Fsp3) is 1.00. The largest absolute Gasteiger partial charge is 0.417 e. The Balaban J connectivity index is 2.83. The van der Waals surface area contributed by atoms with Gasteiger partial charge in [-0.15, -0.1) is 0 Å². The Bertz CT molecular complexity index is 236. The predicted octanol–water partition coefficient (Wildman–Crippen LogP) is 1.73. The van der Waals surface area contributed by atoms with E-state index in [0.717, 1.165) is 0 Å². The molecule has 90 valence electrons. The average molecular weight is 228 g/mol. The zero-order valence-electron chi connectivity index (χ0n) is 9.39. The van der Waals surface area contributed by atoms with Crippen molar-refractivity contribution in [1.82, 2.24) is 0 Å². The van der Waals surface area contributed by atoms with Crippen molar-refractivity contribution in [3.8, 4) is 0 Å². The van der Waals surface area contributed by atoms with Gasteiger partial charge in [0, 0.05) is 0 Å². The van der Waals surface area contributed by atoms with Crippen LogP contribution >= 0.6 is 0 Å². The molecule has 2 unspecified atom stereocenters. The molecule has 1 rings (SSSR count).